The van der Waals surface area contributed by atoms with E-state index in [1.54, 1.807) is 18.8 Å². The fourth-order valence-corrected chi connectivity index (χ4v) is 3.15. The molecule has 0 spiro atoms. The lowest BCUT2D eigenvalue weighted by Gasteiger charge is -2.28. The van der Waals surface area contributed by atoms with Gasteiger partial charge in [0.25, 0.3) is 0 Å². The summed E-state index contributed by atoms with van der Waals surface area (Å²) in [7, 11) is 1.74. The molecule has 0 radical (unpaired) electrons. The van der Waals surface area contributed by atoms with Crippen LogP contribution in [0.4, 0.5) is 0 Å². The molecular formula is C13H19N5OS. The molecule has 0 saturated carbocycles. The van der Waals surface area contributed by atoms with E-state index in [1.165, 1.54) is 0 Å². The van der Waals surface area contributed by atoms with Gasteiger partial charge >= 0.3 is 0 Å². The second kappa shape index (κ2) is 5.80. The van der Waals surface area contributed by atoms with Gasteiger partial charge in [0.05, 0.1) is 5.54 Å². The third-order valence-electron chi connectivity index (χ3n) is 3.38. The van der Waals surface area contributed by atoms with Crippen molar-refractivity contribution in [2.75, 3.05) is 7.05 Å². The Morgan fingerprint density at radius 3 is 2.95 bits per heavy atom. The minimum Gasteiger partial charge on any atom is -0.368 e. The fraction of sp³-hybridized carbons (Fsp3) is 0.462. The van der Waals surface area contributed by atoms with Gasteiger partial charge in [0, 0.05) is 11.4 Å². The van der Waals surface area contributed by atoms with Crippen LogP contribution in [0, 0.1) is 0 Å². The van der Waals surface area contributed by atoms with E-state index < -0.39 is 5.54 Å². The van der Waals surface area contributed by atoms with Crippen molar-refractivity contribution in [1.82, 2.24) is 19.9 Å². The smallest absolute Gasteiger partial charge is 0.237 e. The molecule has 0 aliphatic heterocycles. The molecule has 2 unspecified atom stereocenters. The van der Waals surface area contributed by atoms with E-state index in [4.69, 9.17) is 5.73 Å². The first-order valence-electron chi connectivity index (χ1n) is 6.41. The molecule has 0 aliphatic carbocycles. The van der Waals surface area contributed by atoms with Gasteiger partial charge in [-0.1, -0.05) is 24.8 Å². The largest absolute Gasteiger partial charge is 0.368 e. The predicted octanol–water partition coefficient (Wildman–Crippen LogP) is 1.06. The number of nitrogens with one attached hydrogen (secondary N) is 1. The van der Waals surface area contributed by atoms with Crippen LogP contribution in [-0.2, 0) is 4.79 Å². The van der Waals surface area contributed by atoms with E-state index in [0.29, 0.717) is 6.42 Å². The number of nitrogens with two attached hydrogens (primary N) is 1. The van der Waals surface area contributed by atoms with Crippen molar-refractivity contribution < 1.29 is 4.79 Å². The van der Waals surface area contributed by atoms with Crippen LogP contribution in [0.5, 0.6) is 0 Å². The molecule has 3 N–H and O–H groups in total. The molecule has 20 heavy (non-hydrogen) atoms. The maximum atomic E-state index is 11.5. The predicted molar refractivity (Wildman–Crippen MR) is 79.6 cm³/mol. The van der Waals surface area contributed by atoms with Crippen molar-refractivity contribution in [1.29, 1.82) is 0 Å². The number of likely N-dealkylation sites (N-methyl/N-ethyl adjacent to an activating group) is 1. The third-order valence-corrected chi connectivity index (χ3v) is 4.44. The van der Waals surface area contributed by atoms with E-state index in [9.17, 15) is 4.79 Å². The average molecular weight is 293 g/mol. The molecule has 0 fully saturated rings. The Bertz CT molecular complexity index is 614. The van der Waals surface area contributed by atoms with Crippen LogP contribution in [0.15, 0.2) is 29.6 Å². The van der Waals surface area contributed by atoms with Gasteiger partial charge in [-0.15, -0.1) is 10.2 Å². The summed E-state index contributed by atoms with van der Waals surface area (Å²) in [6, 6.07) is 5.77. The monoisotopic (exact) mass is 293 g/mol. The number of aromatic nitrogens is 3. The number of nitrogens with zero attached hydrogens (tertiary/aromatic N) is 3. The van der Waals surface area contributed by atoms with Gasteiger partial charge in [-0.25, -0.2) is 0 Å². The summed E-state index contributed by atoms with van der Waals surface area (Å²) in [5.74, 6) is -0.349. The molecule has 7 heteroatoms. The SMILES string of the molecule is CNC(C)(CC(C)Sc1nnc2ccccn12)C(N)=O. The van der Waals surface area contributed by atoms with Gasteiger partial charge in [0.15, 0.2) is 10.8 Å². The van der Waals surface area contributed by atoms with Gasteiger partial charge in [-0.3, -0.25) is 9.20 Å². The van der Waals surface area contributed by atoms with Crippen LogP contribution in [-0.4, -0.2) is 38.3 Å². The van der Waals surface area contributed by atoms with E-state index in [0.717, 1.165) is 10.8 Å². The van der Waals surface area contributed by atoms with E-state index in [-0.39, 0.29) is 11.2 Å². The summed E-state index contributed by atoms with van der Waals surface area (Å²) < 4.78 is 1.93. The van der Waals surface area contributed by atoms with E-state index in [1.807, 2.05) is 42.6 Å². The minimum atomic E-state index is -0.715. The Kier molecular flexibility index (Phi) is 4.29. The summed E-state index contributed by atoms with van der Waals surface area (Å²) in [6.45, 7) is 3.86. The molecule has 0 aliphatic rings. The Morgan fingerprint density at radius 1 is 1.55 bits per heavy atom. The Balaban J connectivity index is 2.12. The highest BCUT2D eigenvalue weighted by Gasteiger charge is 2.31. The second-order valence-corrected chi connectivity index (χ2v) is 6.40. The molecule has 2 rings (SSSR count). The van der Waals surface area contributed by atoms with E-state index >= 15 is 0 Å². The highest BCUT2D eigenvalue weighted by atomic mass is 32.2. The van der Waals surface area contributed by atoms with Crippen molar-refractivity contribution in [3.05, 3.63) is 24.4 Å². The van der Waals surface area contributed by atoms with Gasteiger partial charge in [0.2, 0.25) is 5.91 Å². The maximum Gasteiger partial charge on any atom is 0.237 e. The summed E-state index contributed by atoms with van der Waals surface area (Å²) in [5.41, 5.74) is 5.55. The topological polar surface area (TPSA) is 85.3 Å². The first kappa shape index (κ1) is 14.8. The molecule has 1 amide bonds. The Labute approximate surface area is 122 Å². The summed E-state index contributed by atoms with van der Waals surface area (Å²) in [4.78, 5) is 11.5. The molecule has 108 valence electrons. The van der Waals surface area contributed by atoms with Gasteiger partial charge in [-0.05, 0) is 32.5 Å². The van der Waals surface area contributed by atoms with Crippen LogP contribution >= 0.6 is 11.8 Å². The van der Waals surface area contributed by atoms with Crippen LogP contribution in [0.25, 0.3) is 5.65 Å². The molecule has 0 saturated heterocycles. The molecule has 0 aromatic carbocycles. The number of hydrogen-bond acceptors (Lipinski definition) is 5. The highest BCUT2D eigenvalue weighted by molar-refractivity contribution is 7.99. The van der Waals surface area contributed by atoms with Crippen molar-refractivity contribution >= 4 is 23.3 Å². The number of pyridine rings is 1. The zero-order chi connectivity index (χ0) is 14.8. The average Bonchev–Trinajstić information content (AvgIpc) is 2.82. The standard InChI is InChI=1S/C13H19N5OS/c1-9(8-13(2,15-3)11(14)19)20-12-17-16-10-6-4-5-7-18(10)12/h4-7,9,15H,8H2,1-3H3,(H2,14,19). The third kappa shape index (κ3) is 2.94. The Morgan fingerprint density at radius 2 is 2.30 bits per heavy atom. The quantitative estimate of drug-likeness (QED) is 0.778. The lowest BCUT2D eigenvalue weighted by molar-refractivity contribution is -0.123. The number of thioether (sulfide) groups is 1. The van der Waals surface area contributed by atoms with Crippen LogP contribution < -0.4 is 11.1 Å². The maximum absolute atomic E-state index is 11.5. The zero-order valence-corrected chi connectivity index (χ0v) is 12.6. The number of fused-ring (bicyclic) bond motifs is 1. The fourth-order valence-electron chi connectivity index (χ4n) is 2.02. The molecule has 0 bridgehead atoms. The number of carbonyl (C=O) groups is 1. The number of amides is 1. The van der Waals surface area contributed by atoms with Gasteiger partial charge < -0.3 is 11.1 Å². The highest BCUT2D eigenvalue weighted by Crippen LogP contribution is 2.27. The van der Waals surface area contributed by atoms with Crippen molar-refractivity contribution in [2.24, 2.45) is 5.73 Å². The van der Waals surface area contributed by atoms with Crippen LogP contribution in [0.1, 0.15) is 20.3 Å². The van der Waals surface area contributed by atoms with Crippen molar-refractivity contribution in [2.45, 2.75) is 36.2 Å². The van der Waals surface area contributed by atoms with Gasteiger partial charge in [-0.2, -0.15) is 0 Å². The second-order valence-electron chi connectivity index (χ2n) is 4.99. The first-order valence-corrected chi connectivity index (χ1v) is 7.29. The molecule has 2 aromatic heterocycles. The lowest BCUT2D eigenvalue weighted by atomic mass is 9.95. The molecular weight excluding hydrogens is 274 g/mol. The van der Waals surface area contributed by atoms with Crippen molar-refractivity contribution in [3.8, 4) is 0 Å². The van der Waals surface area contributed by atoms with Gasteiger partial charge in [0.1, 0.15) is 0 Å². The lowest BCUT2D eigenvalue weighted by Crippen LogP contribution is -2.52. The number of primary amides is 1. The van der Waals surface area contributed by atoms with E-state index in [2.05, 4.69) is 15.5 Å². The van der Waals surface area contributed by atoms with Crippen LogP contribution in [0.2, 0.25) is 0 Å². The van der Waals surface area contributed by atoms with Crippen LogP contribution in [0.3, 0.4) is 0 Å². The summed E-state index contributed by atoms with van der Waals surface area (Å²) in [5, 5.41) is 12.3. The summed E-state index contributed by atoms with van der Waals surface area (Å²) >= 11 is 1.58. The number of hydrogen-bond donors (Lipinski definition) is 2. The molecule has 2 atom stereocenters. The zero-order valence-electron chi connectivity index (χ0n) is 11.8. The van der Waals surface area contributed by atoms with Crippen molar-refractivity contribution in [3.63, 3.8) is 0 Å². The summed E-state index contributed by atoms with van der Waals surface area (Å²) in [6.07, 6.45) is 2.54. The number of carbonyl (C=O) groups excluding carboxylic acids is 1. The normalized spacial score (nSPS) is 15.9. The molecule has 2 heterocycles. The number of rotatable bonds is 6. The minimum absolute atomic E-state index is 0.174. The molecule has 6 nitrogen and oxygen atoms in total. The Hall–Kier alpha value is -1.60. The molecule has 2 aromatic rings. The first-order chi connectivity index (χ1) is 9.46.